The van der Waals surface area contributed by atoms with Gasteiger partial charge in [0.1, 0.15) is 5.75 Å². The van der Waals surface area contributed by atoms with Gasteiger partial charge < -0.3 is 9.84 Å². The molecule has 2 nitrogen and oxygen atoms in total. The molecule has 0 atom stereocenters. The molecule has 1 N–H and O–H groups in total. The van der Waals surface area contributed by atoms with Crippen LogP contribution in [-0.4, -0.2) is 17.8 Å². The van der Waals surface area contributed by atoms with Crippen molar-refractivity contribution in [1.29, 1.82) is 0 Å². The third-order valence-corrected chi connectivity index (χ3v) is 4.01. The Balaban J connectivity index is 2.45. The Morgan fingerprint density at radius 1 is 1.11 bits per heavy atom. The van der Waals surface area contributed by atoms with Gasteiger partial charge in [0.05, 0.1) is 12.7 Å². The molecular formula is C17H26O2. The van der Waals surface area contributed by atoms with Crippen LogP contribution in [0.15, 0.2) is 12.1 Å². The average Bonchev–Trinajstić information content (AvgIpc) is 3.05. The Hall–Kier alpha value is -1.02. The Bertz CT molecular complexity index is 427. The van der Waals surface area contributed by atoms with Crippen LogP contribution < -0.4 is 4.74 Å². The van der Waals surface area contributed by atoms with Gasteiger partial charge in [-0.15, -0.1) is 0 Å². The van der Waals surface area contributed by atoms with Crippen molar-refractivity contribution in [2.45, 2.75) is 64.4 Å². The van der Waals surface area contributed by atoms with Gasteiger partial charge in [-0.3, -0.25) is 0 Å². The van der Waals surface area contributed by atoms with Crippen molar-refractivity contribution < 1.29 is 9.84 Å². The van der Waals surface area contributed by atoms with E-state index in [9.17, 15) is 5.11 Å². The molecule has 1 aliphatic rings. The highest BCUT2D eigenvalue weighted by Gasteiger charge is 2.40. The maximum absolute atomic E-state index is 10.1. The molecule has 0 aliphatic heterocycles. The maximum Gasteiger partial charge on any atom is 0.125 e. The highest BCUT2D eigenvalue weighted by molar-refractivity contribution is 5.48. The number of hydrogen-bond acceptors (Lipinski definition) is 2. The van der Waals surface area contributed by atoms with Crippen molar-refractivity contribution in [1.82, 2.24) is 0 Å². The summed E-state index contributed by atoms with van der Waals surface area (Å²) in [7, 11) is 1.75. The van der Waals surface area contributed by atoms with Crippen LogP contribution >= 0.6 is 0 Å². The highest BCUT2D eigenvalue weighted by atomic mass is 16.5. The van der Waals surface area contributed by atoms with Crippen molar-refractivity contribution in [2.75, 3.05) is 7.11 Å². The number of methoxy groups -OCH3 is 1. The van der Waals surface area contributed by atoms with Gasteiger partial charge in [-0.25, -0.2) is 0 Å². The summed E-state index contributed by atoms with van der Waals surface area (Å²) in [4.78, 5) is 0. The lowest BCUT2D eigenvalue weighted by Gasteiger charge is -2.21. The molecule has 19 heavy (non-hydrogen) atoms. The van der Waals surface area contributed by atoms with E-state index in [2.05, 4.69) is 39.8 Å². The van der Waals surface area contributed by atoms with Crippen molar-refractivity contribution in [2.24, 2.45) is 0 Å². The summed E-state index contributed by atoms with van der Waals surface area (Å²) in [5.74, 6) is 1.89. The smallest absolute Gasteiger partial charge is 0.125 e. The molecule has 1 fully saturated rings. The van der Waals surface area contributed by atoms with Crippen LogP contribution in [0.5, 0.6) is 5.75 Å². The van der Waals surface area contributed by atoms with Crippen molar-refractivity contribution in [3.63, 3.8) is 0 Å². The molecule has 1 saturated carbocycles. The fourth-order valence-electron chi connectivity index (χ4n) is 2.64. The molecule has 0 aromatic heterocycles. The summed E-state index contributed by atoms with van der Waals surface area (Å²) in [6, 6.07) is 4.43. The predicted octanol–water partition coefficient (Wildman–Crippen LogP) is 4.01. The first-order chi connectivity index (χ1) is 8.86. The molecule has 0 amide bonds. The predicted molar refractivity (Wildman–Crippen MR) is 79.1 cm³/mol. The van der Waals surface area contributed by atoms with E-state index >= 15 is 0 Å². The Kier molecular flexibility index (Phi) is 3.91. The van der Waals surface area contributed by atoms with E-state index in [4.69, 9.17) is 4.74 Å². The number of hydrogen-bond donors (Lipinski definition) is 1. The molecule has 0 spiro atoms. The lowest BCUT2D eigenvalue weighted by Crippen LogP contribution is -2.12. The van der Waals surface area contributed by atoms with Gasteiger partial charge in [-0.2, -0.15) is 0 Å². The van der Waals surface area contributed by atoms with E-state index in [1.165, 1.54) is 16.7 Å². The lowest BCUT2D eigenvalue weighted by molar-refractivity contribution is 0.151. The van der Waals surface area contributed by atoms with Gasteiger partial charge in [-0.1, -0.05) is 39.8 Å². The van der Waals surface area contributed by atoms with E-state index in [0.717, 1.165) is 25.0 Å². The van der Waals surface area contributed by atoms with E-state index < -0.39 is 5.60 Å². The van der Waals surface area contributed by atoms with Crippen molar-refractivity contribution in [3.05, 3.63) is 28.8 Å². The summed E-state index contributed by atoms with van der Waals surface area (Å²) in [6.07, 6.45) is 2.65. The van der Waals surface area contributed by atoms with Crippen LogP contribution in [0.25, 0.3) is 0 Å². The molecule has 1 aromatic carbocycles. The van der Waals surface area contributed by atoms with Crippen molar-refractivity contribution >= 4 is 0 Å². The van der Waals surface area contributed by atoms with E-state index in [1.54, 1.807) is 7.11 Å². The minimum absolute atomic E-state index is 0.432. The van der Waals surface area contributed by atoms with Gasteiger partial charge in [0.15, 0.2) is 0 Å². The minimum atomic E-state index is -0.433. The molecular weight excluding hydrogens is 236 g/mol. The van der Waals surface area contributed by atoms with Crippen LogP contribution in [0, 0.1) is 0 Å². The fraction of sp³-hybridized carbons (Fsp3) is 0.647. The third-order valence-electron chi connectivity index (χ3n) is 4.01. The standard InChI is InChI=1S/C17H26O2/c1-11(2)14-8-13(10-17(18)6-7-17)9-15(12(3)4)16(14)19-5/h8-9,11-12,18H,6-7,10H2,1-5H3. The molecule has 1 aromatic rings. The Morgan fingerprint density at radius 2 is 1.58 bits per heavy atom. The fourth-order valence-corrected chi connectivity index (χ4v) is 2.64. The molecule has 0 saturated heterocycles. The molecule has 0 radical (unpaired) electrons. The van der Waals surface area contributed by atoms with E-state index in [0.29, 0.717) is 11.8 Å². The molecule has 2 rings (SSSR count). The molecule has 106 valence electrons. The summed E-state index contributed by atoms with van der Waals surface area (Å²) in [5, 5.41) is 10.1. The van der Waals surface area contributed by atoms with Gasteiger partial charge in [0.25, 0.3) is 0 Å². The number of benzene rings is 1. The second-order valence-electron chi connectivity index (χ2n) is 6.52. The van der Waals surface area contributed by atoms with Gasteiger partial charge >= 0.3 is 0 Å². The molecule has 0 heterocycles. The molecule has 0 bridgehead atoms. The van der Waals surface area contributed by atoms with Crippen LogP contribution in [-0.2, 0) is 6.42 Å². The minimum Gasteiger partial charge on any atom is -0.496 e. The summed E-state index contributed by atoms with van der Waals surface area (Å²) < 4.78 is 5.64. The van der Waals surface area contributed by atoms with Crippen LogP contribution in [0.4, 0.5) is 0 Å². The monoisotopic (exact) mass is 262 g/mol. The first-order valence-corrected chi connectivity index (χ1v) is 7.29. The number of aliphatic hydroxyl groups is 1. The summed E-state index contributed by atoms with van der Waals surface area (Å²) >= 11 is 0. The van der Waals surface area contributed by atoms with Gasteiger partial charge in [-0.05, 0) is 41.4 Å². The quantitative estimate of drug-likeness (QED) is 0.868. The molecule has 1 aliphatic carbocycles. The largest absolute Gasteiger partial charge is 0.496 e. The Labute approximate surface area is 116 Å². The second kappa shape index (κ2) is 5.16. The van der Waals surface area contributed by atoms with Gasteiger partial charge in [0, 0.05) is 6.42 Å². The zero-order chi connectivity index (χ0) is 14.2. The average molecular weight is 262 g/mol. The topological polar surface area (TPSA) is 29.5 Å². The van der Waals surface area contributed by atoms with Crippen LogP contribution in [0.1, 0.15) is 69.1 Å². The SMILES string of the molecule is COc1c(C(C)C)cc(CC2(O)CC2)cc1C(C)C. The normalized spacial score (nSPS) is 17.1. The lowest BCUT2D eigenvalue weighted by atomic mass is 9.89. The molecule has 0 unspecified atom stereocenters. The highest BCUT2D eigenvalue weighted by Crippen LogP contribution is 2.41. The third kappa shape index (κ3) is 3.11. The zero-order valence-corrected chi connectivity index (χ0v) is 12.8. The second-order valence-corrected chi connectivity index (χ2v) is 6.52. The summed E-state index contributed by atoms with van der Waals surface area (Å²) in [6.45, 7) is 8.77. The van der Waals surface area contributed by atoms with E-state index in [-0.39, 0.29) is 0 Å². The van der Waals surface area contributed by atoms with Gasteiger partial charge in [0.2, 0.25) is 0 Å². The number of ether oxygens (including phenoxy) is 1. The van der Waals surface area contributed by atoms with Crippen LogP contribution in [0.3, 0.4) is 0 Å². The van der Waals surface area contributed by atoms with Crippen LogP contribution in [0.2, 0.25) is 0 Å². The van der Waals surface area contributed by atoms with E-state index in [1.807, 2.05) is 0 Å². The summed E-state index contributed by atoms with van der Waals surface area (Å²) in [5.41, 5.74) is 3.32. The number of rotatable bonds is 5. The molecule has 2 heteroatoms. The first kappa shape index (κ1) is 14.4. The first-order valence-electron chi connectivity index (χ1n) is 7.29. The maximum atomic E-state index is 10.1. The zero-order valence-electron chi connectivity index (χ0n) is 12.8. The Morgan fingerprint density at radius 3 is 1.89 bits per heavy atom. The van der Waals surface area contributed by atoms with Crippen molar-refractivity contribution in [3.8, 4) is 5.75 Å².